The van der Waals surface area contributed by atoms with Crippen LogP contribution in [0.4, 0.5) is 4.39 Å². The molecule has 0 heterocycles. The summed E-state index contributed by atoms with van der Waals surface area (Å²) in [4.78, 5) is 13.0. The minimum atomic E-state index is -0.337. The Morgan fingerprint density at radius 1 is 1.10 bits per heavy atom. The lowest BCUT2D eigenvalue weighted by Crippen LogP contribution is -2.06. The van der Waals surface area contributed by atoms with E-state index in [0.717, 1.165) is 9.37 Å². The number of halogens is 3. The second kappa shape index (κ2) is 7.38. The summed E-state index contributed by atoms with van der Waals surface area (Å²) in [5.41, 5.74) is 0.686. The number of thioether (sulfide) groups is 1. The first-order chi connectivity index (χ1) is 9.56. The molecule has 104 valence electrons. The van der Waals surface area contributed by atoms with E-state index in [1.165, 1.54) is 17.8 Å². The smallest absolute Gasteiger partial charge is 0.147 e. The average Bonchev–Trinajstić information content (AvgIpc) is 2.43. The van der Waals surface area contributed by atoms with Crippen LogP contribution in [0.2, 0.25) is 0 Å². The van der Waals surface area contributed by atoms with Crippen LogP contribution in [0.15, 0.2) is 56.3 Å². The molecule has 0 bridgehead atoms. The van der Waals surface area contributed by atoms with Gasteiger partial charge in [-0.2, -0.15) is 0 Å². The Balaban J connectivity index is 1.92. The molecule has 0 radical (unpaired) electrons. The SMILES string of the molecule is O=C(CSc1ccc(Br)cc1)Cc1cccc(F)c1Br. The van der Waals surface area contributed by atoms with Gasteiger partial charge in [-0.1, -0.05) is 28.1 Å². The summed E-state index contributed by atoms with van der Waals surface area (Å²) in [5.74, 6) is 0.116. The summed E-state index contributed by atoms with van der Waals surface area (Å²) in [5, 5.41) is 0. The third-order valence-electron chi connectivity index (χ3n) is 2.63. The van der Waals surface area contributed by atoms with E-state index in [0.29, 0.717) is 15.8 Å². The largest absolute Gasteiger partial charge is 0.298 e. The molecule has 5 heteroatoms. The van der Waals surface area contributed by atoms with Gasteiger partial charge >= 0.3 is 0 Å². The van der Waals surface area contributed by atoms with Gasteiger partial charge in [0.2, 0.25) is 0 Å². The van der Waals surface area contributed by atoms with Crippen LogP contribution in [-0.4, -0.2) is 11.5 Å². The molecule has 0 saturated heterocycles. The lowest BCUT2D eigenvalue weighted by molar-refractivity contribution is -0.116. The van der Waals surface area contributed by atoms with Gasteiger partial charge in [-0.05, 0) is 51.8 Å². The predicted molar refractivity (Wildman–Crippen MR) is 87.7 cm³/mol. The summed E-state index contributed by atoms with van der Waals surface area (Å²) >= 11 is 8.03. The first kappa shape index (κ1) is 15.7. The zero-order chi connectivity index (χ0) is 14.5. The van der Waals surface area contributed by atoms with E-state index >= 15 is 0 Å². The van der Waals surface area contributed by atoms with E-state index in [9.17, 15) is 9.18 Å². The number of rotatable bonds is 5. The molecule has 0 N–H and O–H groups in total. The number of carbonyl (C=O) groups excluding carboxylic acids is 1. The maximum atomic E-state index is 13.4. The number of benzene rings is 2. The van der Waals surface area contributed by atoms with E-state index in [2.05, 4.69) is 31.9 Å². The third kappa shape index (κ3) is 4.43. The number of ketones is 1. The predicted octanol–water partition coefficient (Wildman–Crippen LogP) is 5.25. The number of hydrogen-bond acceptors (Lipinski definition) is 2. The van der Waals surface area contributed by atoms with Crippen LogP contribution >= 0.6 is 43.6 Å². The van der Waals surface area contributed by atoms with Gasteiger partial charge in [0, 0.05) is 15.8 Å². The molecule has 20 heavy (non-hydrogen) atoms. The van der Waals surface area contributed by atoms with Crippen molar-refractivity contribution >= 4 is 49.4 Å². The minimum absolute atomic E-state index is 0.0734. The number of carbonyl (C=O) groups is 1. The Bertz CT molecular complexity index is 614. The summed E-state index contributed by atoms with van der Waals surface area (Å²) in [6, 6.07) is 12.5. The van der Waals surface area contributed by atoms with Crippen molar-refractivity contribution in [1.29, 1.82) is 0 Å². The van der Waals surface area contributed by atoms with E-state index < -0.39 is 0 Å². The standard InChI is InChI=1S/C15H11Br2FOS/c16-11-4-6-13(7-5-11)20-9-12(19)8-10-2-1-3-14(18)15(10)17/h1-7H,8-9H2. The van der Waals surface area contributed by atoms with Gasteiger partial charge in [0.15, 0.2) is 0 Å². The second-order valence-corrected chi connectivity index (χ2v) is 6.93. The van der Waals surface area contributed by atoms with Gasteiger partial charge in [0.05, 0.1) is 10.2 Å². The lowest BCUT2D eigenvalue weighted by Gasteiger charge is -2.05. The number of hydrogen-bond donors (Lipinski definition) is 0. The minimum Gasteiger partial charge on any atom is -0.298 e. The van der Waals surface area contributed by atoms with Crippen LogP contribution in [-0.2, 0) is 11.2 Å². The van der Waals surface area contributed by atoms with Crippen LogP contribution in [0.25, 0.3) is 0 Å². The van der Waals surface area contributed by atoms with Crippen molar-refractivity contribution in [2.45, 2.75) is 11.3 Å². The molecular formula is C15H11Br2FOS. The van der Waals surface area contributed by atoms with Crippen LogP contribution in [0.5, 0.6) is 0 Å². The van der Waals surface area contributed by atoms with Gasteiger partial charge in [-0.25, -0.2) is 4.39 Å². The van der Waals surface area contributed by atoms with E-state index in [1.54, 1.807) is 12.1 Å². The fraction of sp³-hybridized carbons (Fsp3) is 0.133. The van der Waals surface area contributed by atoms with Gasteiger partial charge in [-0.3, -0.25) is 4.79 Å². The molecule has 0 aliphatic carbocycles. The normalized spacial score (nSPS) is 10.6. The highest BCUT2D eigenvalue weighted by molar-refractivity contribution is 9.10. The summed E-state index contributed by atoms with van der Waals surface area (Å²) in [6.07, 6.45) is 0.238. The maximum absolute atomic E-state index is 13.4. The van der Waals surface area contributed by atoms with Crippen molar-refractivity contribution in [3.05, 3.63) is 62.8 Å². The molecule has 0 saturated carbocycles. The van der Waals surface area contributed by atoms with Gasteiger partial charge in [-0.15, -0.1) is 11.8 Å². The molecule has 2 aromatic carbocycles. The Labute approximate surface area is 138 Å². The number of Topliss-reactive ketones (excluding diaryl/α,β-unsaturated/α-hetero) is 1. The van der Waals surface area contributed by atoms with Crippen molar-refractivity contribution in [2.75, 3.05) is 5.75 Å². The van der Waals surface area contributed by atoms with Gasteiger partial charge in [0.25, 0.3) is 0 Å². The third-order valence-corrected chi connectivity index (χ3v) is 5.12. The molecule has 0 amide bonds. The zero-order valence-electron chi connectivity index (χ0n) is 10.4. The van der Waals surface area contributed by atoms with Crippen LogP contribution in [0.1, 0.15) is 5.56 Å². The fourth-order valence-electron chi connectivity index (χ4n) is 1.64. The highest BCUT2D eigenvalue weighted by Crippen LogP contribution is 2.23. The molecule has 0 atom stereocenters. The monoisotopic (exact) mass is 416 g/mol. The van der Waals surface area contributed by atoms with E-state index in [1.807, 2.05) is 24.3 Å². The summed E-state index contributed by atoms with van der Waals surface area (Å²) in [6.45, 7) is 0. The van der Waals surface area contributed by atoms with Crippen molar-refractivity contribution in [3.8, 4) is 0 Å². The summed E-state index contributed by atoms with van der Waals surface area (Å²) < 4.78 is 14.7. The molecule has 2 rings (SSSR count). The molecule has 0 aliphatic heterocycles. The first-order valence-electron chi connectivity index (χ1n) is 5.89. The van der Waals surface area contributed by atoms with E-state index in [4.69, 9.17) is 0 Å². The molecule has 0 unspecified atom stereocenters. The van der Waals surface area contributed by atoms with Crippen molar-refractivity contribution in [1.82, 2.24) is 0 Å². The molecule has 0 spiro atoms. The topological polar surface area (TPSA) is 17.1 Å². The van der Waals surface area contributed by atoms with E-state index in [-0.39, 0.29) is 18.0 Å². The quantitative estimate of drug-likeness (QED) is 0.617. The summed E-state index contributed by atoms with van der Waals surface area (Å²) in [7, 11) is 0. The first-order valence-corrected chi connectivity index (χ1v) is 8.46. The van der Waals surface area contributed by atoms with Crippen LogP contribution in [0.3, 0.4) is 0 Å². The van der Waals surface area contributed by atoms with Crippen molar-refractivity contribution in [2.24, 2.45) is 0 Å². The second-order valence-electron chi connectivity index (χ2n) is 4.17. The lowest BCUT2D eigenvalue weighted by atomic mass is 10.1. The molecule has 1 nitrogen and oxygen atoms in total. The molecule has 0 aliphatic rings. The van der Waals surface area contributed by atoms with Gasteiger partial charge in [0.1, 0.15) is 11.6 Å². The Morgan fingerprint density at radius 2 is 1.80 bits per heavy atom. The van der Waals surface area contributed by atoms with Crippen LogP contribution in [0, 0.1) is 5.82 Å². The highest BCUT2D eigenvalue weighted by Gasteiger charge is 2.10. The molecule has 0 aromatic heterocycles. The molecular weight excluding hydrogens is 407 g/mol. The average molecular weight is 418 g/mol. The van der Waals surface area contributed by atoms with Crippen molar-refractivity contribution in [3.63, 3.8) is 0 Å². The fourth-order valence-corrected chi connectivity index (χ4v) is 3.07. The Hall–Kier alpha value is -0.650. The Kier molecular flexibility index (Phi) is 5.81. The zero-order valence-corrected chi connectivity index (χ0v) is 14.4. The molecule has 0 fully saturated rings. The van der Waals surface area contributed by atoms with Crippen molar-refractivity contribution < 1.29 is 9.18 Å². The van der Waals surface area contributed by atoms with Gasteiger partial charge < -0.3 is 0 Å². The Morgan fingerprint density at radius 3 is 2.50 bits per heavy atom. The highest BCUT2D eigenvalue weighted by atomic mass is 79.9. The maximum Gasteiger partial charge on any atom is 0.147 e. The van der Waals surface area contributed by atoms with Crippen LogP contribution < -0.4 is 0 Å². The molecule has 2 aromatic rings.